The number of alkyl halides is 1. The zero-order valence-corrected chi connectivity index (χ0v) is 11.3. The summed E-state index contributed by atoms with van der Waals surface area (Å²) in [6.45, 7) is 3.96. The third kappa shape index (κ3) is 2.76. The summed E-state index contributed by atoms with van der Waals surface area (Å²) in [6.07, 6.45) is 0. The highest BCUT2D eigenvalue weighted by Crippen LogP contribution is 2.29. The highest BCUT2D eigenvalue weighted by atomic mass is 79.9. The molecule has 0 saturated carbocycles. The summed E-state index contributed by atoms with van der Waals surface area (Å²) < 4.78 is 5.26. The van der Waals surface area contributed by atoms with Crippen molar-refractivity contribution in [2.24, 2.45) is 0 Å². The number of ether oxygens (including phenoxy) is 1. The smallest absolute Gasteiger partial charge is 0.237 e. The van der Waals surface area contributed by atoms with Crippen molar-refractivity contribution in [3.05, 3.63) is 24.3 Å². The summed E-state index contributed by atoms with van der Waals surface area (Å²) in [5.41, 5.74) is 0.810. The summed E-state index contributed by atoms with van der Waals surface area (Å²) in [6, 6.07) is 7.63. The molecule has 0 radical (unpaired) electrons. The Labute approximate surface area is 105 Å². The van der Waals surface area contributed by atoms with Gasteiger partial charge in [-0.25, -0.2) is 0 Å². The van der Waals surface area contributed by atoms with Gasteiger partial charge in [-0.3, -0.25) is 4.79 Å². The van der Waals surface area contributed by atoms with Gasteiger partial charge in [-0.2, -0.15) is 0 Å². The van der Waals surface area contributed by atoms with Gasteiger partial charge < -0.3 is 9.64 Å². The molecule has 0 fully saturated rings. The predicted molar refractivity (Wildman–Crippen MR) is 69.4 cm³/mol. The fourth-order valence-corrected chi connectivity index (χ4v) is 1.86. The number of rotatable bonds is 4. The van der Waals surface area contributed by atoms with Crippen LogP contribution in [-0.4, -0.2) is 24.4 Å². The third-order valence-electron chi connectivity index (χ3n) is 2.24. The van der Waals surface area contributed by atoms with E-state index in [4.69, 9.17) is 4.74 Å². The topological polar surface area (TPSA) is 29.5 Å². The van der Waals surface area contributed by atoms with Crippen LogP contribution in [0.1, 0.15) is 13.8 Å². The van der Waals surface area contributed by atoms with Crippen molar-refractivity contribution in [2.45, 2.75) is 19.9 Å². The number of hydrogen-bond donors (Lipinski definition) is 0. The maximum Gasteiger partial charge on any atom is 0.237 e. The number of amides is 1. The molecule has 0 unspecified atom stereocenters. The molecule has 0 heterocycles. The lowest BCUT2D eigenvalue weighted by Gasteiger charge is -2.27. The van der Waals surface area contributed by atoms with E-state index >= 15 is 0 Å². The van der Waals surface area contributed by atoms with Gasteiger partial charge in [0.05, 0.1) is 18.1 Å². The quantitative estimate of drug-likeness (QED) is 0.797. The molecule has 0 aromatic heterocycles. The molecule has 3 nitrogen and oxygen atoms in total. The summed E-state index contributed by atoms with van der Waals surface area (Å²) in [4.78, 5) is 13.6. The van der Waals surface area contributed by atoms with E-state index in [0.29, 0.717) is 11.1 Å². The van der Waals surface area contributed by atoms with Gasteiger partial charge in [0, 0.05) is 6.04 Å². The summed E-state index contributed by atoms with van der Waals surface area (Å²) in [5.74, 6) is 0.741. The first-order valence-electron chi connectivity index (χ1n) is 5.12. The molecule has 16 heavy (non-hydrogen) atoms. The number of nitrogens with zero attached hydrogens (tertiary/aromatic N) is 1. The first-order valence-corrected chi connectivity index (χ1v) is 6.25. The van der Waals surface area contributed by atoms with Crippen LogP contribution in [0, 0.1) is 0 Å². The van der Waals surface area contributed by atoms with E-state index in [9.17, 15) is 4.79 Å². The lowest BCUT2D eigenvalue weighted by Crippen LogP contribution is -2.38. The molecule has 0 bridgehead atoms. The molecule has 0 aliphatic rings. The molecule has 0 atom stereocenters. The Bertz CT molecular complexity index is 366. The van der Waals surface area contributed by atoms with Crippen molar-refractivity contribution >= 4 is 27.5 Å². The second kappa shape index (κ2) is 5.89. The van der Waals surface area contributed by atoms with Crippen molar-refractivity contribution in [3.63, 3.8) is 0 Å². The number of para-hydroxylation sites is 2. The minimum absolute atomic E-state index is 0.0273. The third-order valence-corrected chi connectivity index (χ3v) is 2.72. The van der Waals surface area contributed by atoms with Crippen molar-refractivity contribution in [3.8, 4) is 5.75 Å². The molecule has 0 spiro atoms. The van der Waals surface area contributed by atoms with Crippen molar-refractivity contribution in [1.29, 1.82) is 0 Å². The van der Waals surface area contributed by atoms with Crippen LogP contribution in [0.25, 0.3) is 0 Å². The second-order valence-electron chi connectivity index (χ2n) is 3.66. The molecule has 1 aromatic carbocycles. The first-order chi connectivity index (χ1) is 7.61. The van der Waals surface area contributed by atoms with E-state index in [1.807, 2.05) is 38.1 Å². The summed E-state index contributed by atoms with van der Waals surface area (Å²) in [7, 11) is 1.61. The van der Waals surface area contributed by atoms with Gasteiger partial charge in [-0.15, -0.1) is 0 Å². The van der Waals surface area contributed by atoms with Crippen molar-refractivity contribution < 1.29 is 9.53 Å². The first kappa shape index (κ1) is 13.0. The number of hydrogen-bond acceptors (Lipinski definition) is 2. The summed E-state index contributed by atoms with van der Waals surface area (Å²) in [5, 5.41) is 0.309. The molecule has 4 heteroatoms. The molecule has 0 N–H and O–H groups in total. The van der Waals surface area contributed by atoms with Crippen LogP contribution in [0.4, 0.5) is 5.69 Å². The zero-order valence-electron chi connectivity index (χ0n) is 9.74. The predicted octanol–water partition coefficient (Wildman–Crippen LogP) is 2.83. The van der Waals surface area contributed by atoms with Crippen LogP contribution in [0.3, 0.4) is 0 Å². The Morgan fingerprint density at radius 2 is 2.06 bits per heavy atom. The molecule has 0 saturated heterocycles. The minimum Gasteiger partial charge on any atom is -0.495 e. The maximum absolute atomic E-state index is 11.8. The number of carbonyl (C=O) groups excluding carboxylic acids is 1. The van der Waals surface area contributed by atoms with Crippen LogP contribution >= 0.6 is 15.9 Å². The summed E-state index contributed by atoms with van der Waals surface area (Å²) >= 11 is 3.20. The van der Waals surface area contributed by atoms with Crippen LogP contribution in [-0.2, 0) is 4.79 Å². The largest absolute Gasteiger partial charge is 0.495 e. The fourth-order valence-electron chi connectivity index (χ4n) is 1.59. The van der Waals surface area contributed by atoms with Gasteiger partial charge in [0.1, 0.15) is 5.75 Å². The molecule has 1 rings (SSSR count). The Morgan fingerprint density at radius 3 is 2.56 bits per heavy atom. The number of halogens is 1. The van der Waals surface area contributed by atoms with Gasteiger partial charge in [0.15, 0.2) is 0 Å². The normalized spacial score (nSPS) is 10.3. The van der Waals surface area contributed by atoms with E-state index in [-0.39, 0.29) is 11.9 Å². The number of carbonyl (C=O) groups is 1. The Kier molecular flexibility index (Phi) is 4.80. The van der Waals surface area contributed by atoms with Crippen LogP contribution in [0.2, 0.25) is 0 Å². The van der Waals surface area contributed by atoms with Crippen molar-refractivity contribution in [2.75, 3.05) is 17.3 Å². The molecular formula is C12H16BrNO2. The fraction of sp³-hybridized carbons (Fsp3) is 0.417. The van der Waals surface area contributed by atoms with Gasteiger partial charge in [-0.1, -0.05) is 28.1 Å². The Hall–Kier alpha value is -1.03. The Balaban J connectivity index is 3.15. The lowest BCUT2D eigenvalue weighted by molar-refractivity contribution is -0.116. The minimum atomic E-state index is 0.0273. The average molecular weight is 286 g/mol. The van der Waals surface area contributed by atoms with E-state index in [2.05, 4.69) is 15.9 Å². The zero-order chi connectivity index (χ0) is 12.1. The van der Waals surface area contributed by atoms with E-state index < -0.39 is 0 Å². The SMILES string of the molecule is COc1ccccc1N(C(=O)CBr)C(C)C. The highest BCUT2D eigenvalue weighted by Gasteiger charge is 2.20. The number of methoxy groups -OCH3 is 1. The number of anilines is 1. The van der Waals surface area contributed by atoms with E-state index in [1.165, 1.54) is 0 Å². The standard InChI is InChI=1S/C12H16BrNO2/c1-9(2)14(12(15)8-13)10-6-4-5-7-11(10)16-3/h4-7,9H,8H2,1-3H3. The van der Waals surface area contributed by atoms with E-state index in [1.54, 1.807) is 12.0 Å². The molecule has 1 amide bonds. The van der Waals surface area contributed by atoms with Gasteiger partial charge in [0.2, 0.25) is 5.91 Å². The molecular weight excluding hydrogens is 270 g/mol. The van der Waals surface area contributed by atoms with Crippen LogP contribution < -0.4 is 9.64 Å². The van der Waals surface area contributed by atoms with Gasteiger partial charge >= 0.3 is 0 Å². The maximum atomic E-state index is 11.8. The van der Waals surface area contributed by atoms with Gasteiger partial charge in [-0.05, 0) is 26.0 Å². The monoisotopic (exact) mass is 285 g/mol. The molecule has 0 aliphatic heterocycles. The highest BCUT2D eigenvalue weighted by molar-refractivity contribution is 9.09. The van der Waals surface area contributed by atoms with E-state index in [0.717, 1.165) is 5.69 Å². The second-order valence-corrected chi connectivity index (χ2v) is 4.22. The number of benzene rings is 1. The molecule has 0 aliphatic carbocycles. The van der Waals surface area contributed by atoms with Crippen LogP contribution in [0.5, 0.6) is 5.75 Å². The Morgan fingerprint density at radius 1 is 1.44 bits per heavy atom. The molecule has 88 valence electrons. The van der Waals surface area contributed by atoms with Gasteiger partial charge in [0.25, 0.3) is 0 Å². The van der Waals surface area contributed by atoms with Crippen LogP contribution in [0.15, 0.2) is 24.3 Å². The average Bonchev–Trinajstić information content (AvgIpc) is 2.29. The lowest BCUT2D eigenvalue weighted by atomic mass is 10.2. The molecule has 1 aromatic rings. The van der Waals surface area contributed by atoms with Crippen molar-refractivity contribution in [1.82, 2.24) is 0 Å².